The van der Waals surface area contributed by atoms with Crippen molar-refractivity contribution in [2.24, 2.45) is 17.6 Å². The number of benzene rings is 3. The van der Waals surface area contributed by atoms with Gasteiger partial charge < -0.3 is 36.5 Å². The van der Waals surface area contributed by atoms with Crippen molar-refractivity contribution in [3.8, 4) is 11.1 Å². The zero-order valence-electron chi connectivity index (χ0n) is 28.1. The molecule has 1 aliphatic rings. The van der Waals surface area contributed by atoms with Crippen LogP contribution in [-0.4, -0.2) is 55.6 Å². The molecule has 4 rings (SSSR count). The Kier molecular flexibility index (Phi) is 13.1. The van der Waals surface area contributed by atoms with Crippen molar-refractivity contribution in [2.45, 2.75) is 58.6 Å². The first kappa shape index (κ1) is 36.4. The minimum Gasteiger partial charge on any atom is -0.449 e. The highest BCUT2D eigenvalue weighted by molar-refractivity contribution is 5.97. The lowest BCUT2D eigenvalue weighted by Gasteiger charge is -2.24. The molecular formula is C37H45N5O7. The van der Waals surface area contributed by atoms with Crippen molar-refractivity contribution in [3.05, 3.63) is 89.5 Å². The molecule has 6 N–H and O–H groups in total. The Morgan fingerprint density at radius 2 is 1.45 bits per heavy atom. The van der Waals surface area contributed by atoms with Gasteiger partial charge in [0.05, 0.1) is 6.04 Å². The van der Waals surface area contributed by atoms with Gasteiger partial charge in [-0.1, -0.05) is 74.5 Å². The molecule has 260 valence electrons. The first-order valence-electron chi connectivity index (χ1n) is 16.5. The maximum Gasteiger partial charge on any atom is 0.407 e. The summed E-state index contributed by atoms with van der Waals surface area (Å²) in [4.78, 5) is 62.9. The molecule has 5 amide bonds. The van der Waals surface area contributed by atoms with Crippen LogP contribution in [0, 0.1) is 11.8 Å². The molecule has 12 nitrogen and oxygen atoms in total. The highest BCUT2D eigenvalue weighted by Gasteiger charge is 2.32. The Morgan fingerprint density at radius 1 is 0.816 bits per heavy atom. The molecule has 0 aromatic heterocycles. The Hall–Kier alpha value is -5.39. The Morgan fingerprint density at radius 3 is 2.04 bits per heavy atom. The van der Waals surface area contributed by atoms with Crippen LogP contribution >= 0.6 is 0 Å². The van der Waals surface area contributed by atoms with Gasteiger partial charge in [0.15, 0.2) is 5.78 Å². The van der Waals surface area contributed by atoms with Crippen molar-refractivity contribution < 1.29 is 33.4 Å². The van der Waals surface area contributed by atoms with Crippen LogP contribution in [0.3, 0.4) is 0 Å². The smallest absolute Gasteiger partial charge is 0.407 e. The van der Waals surface area contributed by atoms with Crippen LogP contribution in [0.4, 0.5) is 20.1 Å². The van der Waals surface area contributed by atoms with E-state index in [-0.39, 0.29) is 56.1 Å². The summed E-state index contributed by atoms with van der Waals surface area (Å²) in [7, 11) is 0. The van der Waals surface area contributed by atoms with Crippen LogP contribution in [0.2, 0.25) is 0 Å². The molecule has 0 radical (unpaired) electrons. The second kappa shape index (κ2) is 17.7. The normalized spacial score (nSPS) is 13.0. The van der Waals surface area contributed by atoms with Gasteiger partial charge in [-0.2, -0.15) is 0 Å². The fraction of sp³-hybridized carbons (Fsp3) is 0.378. The molecule has 0 fully saturated rings. The van der Waals surface area contributed by atoms with E-state index in [2.05, 4.69) is 33.4 Å². The minimum absolute atomic E-state index is 0.0668. The second-order valence-corrected chi connectivity index (χ2v) is 12.3. The lowest BCUT2D eigenvalue weighted by atomic mass is 9.89. The SMILES string of the molecule is CCNC(=O)OCc1ccc(NC(=O)[C@H](CCCNC(N)=O)CC(=O)[C@@H](NC(=O)OCC2c3ccccc3-c3ccccc32)C(C)C)cc1. The molecular weight excluding hydrogens is 626 g/mol. The molecule has 0 saturated carbocycles. The summed E-state index contributed by atoms with van der Waals surface area (Å²) in [6.07, 6.45) is -0.696. The third kappa shape index (κ3) is 10.3. The van der Waals surface area contributed by atoms with Crippen molar-refractivity contribution in [3.63, 3.8) is 0 Å². The molecule has 49 heavy (non-hydrogen) atoms. The van der Waals surface area contributed by atoms with Gasteiger partial charge in [0.2, 0.25) is 5.91 Å². The lowest BCUT2D eigenvalue weighted by molar-refractivity contribution is -0.128. The Balaban J connectivity index is 1.37. The molecule has 3 aromatic rings. The molecule has 0 heterocycles. The van der Waals surface area contributed by atoms with Gasteiger partial charge in [0, 0.05) is 37.0 Å². The highest BCUT2D eigenvalue weighted by Crippen LogP contribution is 2.44. The summed E-state index contributed by atoms with van der Waals surface area (Å²) in [5.74, 6) is -1.86. The second-order valence-electron chi connectivity index (χ2n) is 12.3. The molecule has 0 saturated heterocycles. The number of amides is 5. The van der Waals surface area contributed by atoms with Crippen molar-refractivity contribution in [1.29, 1.82) is 0 Å². The van der Waals surface area contributed by atoms with E-state index in [9.17, 15) is 24.0 Å². The number of carbonyl (C=O) groups excluding carboxylic acids is 5. The molecule has 1 aliphatic carbocycles. The number of nitrogens with two attached hydrogens (primary N) is 1. The fourth-order valence-corrected chi connectivity index (χ4v) is 5.91. The molecule has 0 bridgehead atoms. The average Bonchev–Trinajstić information content (AvgIpc) is 3.40. The lowest BCUT2D eigenvalue weighted by Crippen LogP contribution is -2.46. The van der Waals surface area contributed by atoms with E-state index in [0.717, 1.165) is 27.8 Å². The van der Waals surface area contributed by atoms with E-state index in [4.69, 9.17) is 15.2 Å². The van der Waals surface area contributed by atoms with E-state index >= 15 is 0 Å². The van der Waals surface area contributed by atoms with Crippen molar-refractivity contribution >= 4 is 35.6 Å². The van der Waals surface area contributed by atoms with E-state index in [1.165, 1.54) is 0 Å². The Labute approximate surface area is 286 Å². The molecule has 3 aromatic carbocycles. The van der Waals surface area contributed by atoms with Gasteiger partial charge in [-0.15, -0.1) is 0 Å². The summed E-state index contributed by atoms with van der Waals surface area (Å²) >= 11 is 0. The highest BCUT2D eigenvalue weighted by atomic mass is 16.6. The topological polar surface area (TPSA) is 178 Å². The summed E-state index contributed by atoms with van der Waals surface area (Å²) in [5.41, 5.74) is 10.8. The number of ketones is 1. The summed E-state index contributed by atoms with van der Waals surface area (Å²) in [6.45, 7) is 6.28. The van der Waals surface area contributed by atoms with Gasteiger partial charge >= 0.3 is 18.2 Å². The van der Waals surface area contributed by atoms with E-state index in [1.54, 1.807) is 31.2 Å². The third-order valence-corrected chi connectivity index (χ3v) is 8.39. The van der Waals surface area contributed by atoms with E-state index < -0.39 is 30.2 Å². The number of hydrogen-bond donors (Lipinski definition) is 5. The number of hydrogen-bond acceptors (Lipinski definition) is 7. The minimum atomic E-state index is -0.890. The summed E-state index contributed by atoms with van der Waals surface area (Å²) in [6, 6.07) is 21.3. The van der Waals surface area contributed by atoms with Gasteiger partial charge in [-0.3, -0.25) is 9.59 Å². The number of rotatable bonds is 16. The number of anilines is 1. The van der Waals surface area contributed by atoms with Crippen LogP contribution in [0.15, 0.2) is 72.8 Å². The number of fused-ring (bicyclic) bond motifs is 3. The maximum atomic E-state index is 13.6. The number of primary amides is 1. The molecule has 12 heteroatoms. The number of nitrogens with one attached hydrogen (secondary N) is 4. The molecule has 0 spiro atoms. The number of ether oxygens (including phenoxy) is 2. The first-order chi connectivity index (χ1) is 23.6. The largest absolute Gasteiger partial charge is 0.449 e. The van der Waals surface area contributed by atoms with Crippen molar-refractivity contribution in [2.75, 3.05) is 25.0 Å². The number of carbonyl (C=O) groups is 5. The monoisotopic (exact) mass is 671 g/mol. The summed E-state index contributed by atoms with van der Waals surface area (Å²) in [5, 5.41) is 10.6. The van der Waals surface area contributed by atoms with Gasteiger partial charge in [0.25, 0.3) is 0 Å². The standard InChI is InChI=1S/C37H45N5O7/c1-4-39-36(46)48-21-24-15-17-26(18-16-24)41-34(44)25(10-9-19-40-35(38)45)20-32(43)33(23(2)3)42-37(47)49-22-31-29-13-7-5-11-27(29)28-12-6-8-14-30(28)31/h5-8,11-18,23,25,31,33H,4,9-10,19-22H2,1-3H3,(H,39,46)(H,41,44)(H,42,47)(H3,38,40,45)/t25-,33+/m1/s1. The predicted molar refractivity (Wildman–Crippen MR) is 186 cm³/mol. The zero-order chi connectivity index (χ0) is 35.3. The zero-order valence-corrected chi connectivity index (χ0v) is 28.1. The molecule has 0 unspecified atom stereocenters. The van der Waals surface area contributed by atoms with E-state index in [0.29, 0.717) is 18.7 Å². The number of alkyl carbamates (subject to hydrolysis) is 2. The van der Waals surface area contributed by atoms with Crippen LogP contribution < -0.4 is 27.0 Å². The molecule has 0 aliphatic heterocycles. The molecule has 2 atom stereocenters. The van der Waals surface area contributed by atoms with Crippen LogP contribution in [0.5, 0.6) is 0 Å². The number of Topliss-reactive ketones (excluding diaryl/α,β-unsaturated/α-hetero) is 1. The first-order valence-corrected chi connectivity index (χ1v) is 16.5. The predicted octanol–water partition coefficient (Wildman–Crippen LogP) is 5.46. The van der Waals surface area contributed by atoms with Gasteiger partial charge in [0.1, 0.15) is 13.2 Å². The average molecular weight is 672 g/mol. The van der Waals surface area contributed by atoms with E-state index in [1.807, 2.05) is 50.2 Å². The third-order valence-electron chi connectivity index (χ3n) is 8.39. The number of urea groups is 1. The van der Waals surface area contributed by atoms with Crippen LogP contribution in [0.1, 0.15) is 62.6 Å². The fourth-order valence-electron chi connectivity index (χ4n) is 5.91. The van der Waals surface area contributed by atoms with Gasteiger partial charge in [-0.25, -0.2) is 14.4 Å². The van der Waals surface area contributed by atoms with Gasteiger partial charge in [-0.05, 0) is 65.6 Å². The van der Waals surface area contributed by atoms with Crippen molar-refractivity contribution in [1.82, 2.24) is 16.0 Å². The Bertz CT molecular complexity index is 1580. The van der Waals surface area contributed by atoms with Crippen LogP contribution in [0.25, 0.3) is 11.1 Å². The maximum absolute atomic E-state index is 13.6. The quantitative estimate of drug-likeness (QED) is 0.126. The van der Waals surface area contributed by atoms with Crippen LogP contribution in [-0.2, 0) is 25.7 Å². The summed E-state index contributed by atoms with van der Waals surface area (Å²) < 4.78 is 10.8.